The number of carbonyl (C=O) groups is 2. The Morgan fingerprint density at radius 3 is 2.53 bits per heavy atom. The van der Waals surface area contributed by atoms with E-state index in [0.29, 0.717) is 24.3 Å². The number of phenols is 1. The van der Waals surface area contributed by atoms with Gasteiger partial charge in [0, 0.05) is 12.5 Å². The first-order valence-corrected chi connectivity index (χ1v) is 9.47. The molecule has 1 amide bonds. The van der Waals surface area contributed by atoms with Gasteiger partial charge >= 0.3 is 5.97 Å². The summed E-state index contributed by atoms with van der Waals surface area (Å²) >= 11 is 0. The van der Waals surface area contributed by atoms with Crippen LogP contribution >= 0.6 is 0 Å². The van der Waals surface area contributed by atoms with Crippen molar-refractivity contribution in [3.05, 3.63) is 35.4 Å². The summed E-state index contributed by atoms with van der Waals surface area (Å²) in [5, 5.41) is 13.0. The van der Waals surface area contributed by atoms with Crippen molar-refractivity contribution in [3.8, 4) is 34.1 Å². The van der Waals surface area contributed by atoms with Crippen molar-refractivity contribution >= 4 is 11.9 Å². The molecule has 2 aromatic rings. The highest BCUT2D eigenvalue weighted by atomic mass is 16.6. The molecule has 1 unspecified atom stereocenters. The van der Waals surface area contributed by atoms with Crippen LogP contribution in [0, 0.1) is 0 Å². The third kappa shape index (κ3) is 4.12. The van der Waals surface area contributed by atoms with Gasteiger partial charge in [0.1, 0.15) is 5.75 Å². The maximum atomic E-state index is 11.8. The van der Waals surface area contributed by atoms with Gasteiger partial charge in [0.25, 0.3) is 0 Å². The molecule has 1 aliphatic rings. The summed E-state index contributed by atoms with van der Waals surface area (Å²) in [5.74, 6) is 0.511. The van der Waals surface area contributed by atoms with Crippen LogP contribution < -0.4 is 19.5 Å². The molecule has 30 heavy (non-hydrogen) atoms. The van der Waals surface area contributed by atoms with Gasteiger partial charge in [-0.15, -0.1) is 0 Å². The van der Waals surface area contributed by atoms with Crippen LogP contribution in [0.15, 0.2) is 24.3 Å². The number of esters is 1. The molecule has 0 bridgehead atoms. The van der Waals surface area contributed by atoms with E-state index in [4.69, 9.17) is 14.2 Å². The normalized spacial score (nSPS) is 14.6. The van der Waals surface area contributed by atoms with Crippen LogP contribution in [0.25, 0.3) is 11.1 Å². The fraction of sp³-hybridized carbons (Fsp3) is 0.364. The molecule has 0 spiro atoms. The van der Waals surface area contributed by atoms with Crippen LogP contribution in [0.3, 0.4) is 0 Å². The molecule has 0 fully saturated rings. The second-order valence-electron chi connectivity index (χ2n) is 6.90. The minimum atomic E-state index is -0.537. The topological polar surface area (TPSA) is 103 Å². The molecule has 3 rings (SSSR count). The monoisotopic (exact) mass is 415 g/mol. The molecule has 8 nitrogen and oxygen atoms in total. The average Bonchev–Trinajstić information content (AvgIpc) is 2.87. The van der Waals surface area contributed by atoms with Crippen molar-refractivity contribution < 1.29 is 33.6 Å². The Kier molecular flexibility index (Phi) is 6.34. The number of methoxy groups -OCH3 is 3. The predicted molar refractivity (Wildman–Crippen MR) is 109 cm³/mol. The van der Waals surface area contributed by atoms with Gasteiger partial charge in [0.15, 0.2) is 18.1 Å². The van der Waals surface area contributed by atoms with Crippen molar-refractivity contribution in [1.82, 2.24) is 5.32 Å². The minimum absolute atomic E-state index is 0.0993. The van der Waals surface area contributed by atoms with Gasteiger partial charge in [0.2, 0.25) is 11.7 Å². The van der Waals surface area contributed by atoms with Crippen molar-refractivity contribution in [2.45, 2.75) is 25.8 Å². The Bertz CT molecular complexity index is 970. The second-order valence-corrected chi connectivity index (χ2v) is 6.90. The fourth-order valence-electron chi connectivity index (χ4n) is 3.75. The average molecular weight is 415 g/mol. The van der Waals surface area contributed by atoms with Crippen LogP contribution in [-0.2, 0) is 20.7 Å². The SMILES string of the molecule is COC(=O)COc1c(OC)cc2c(c1OC)-c1ccc(O)cc1C(NC(C)=O)CC2. The Morgan fingerprint density at radius 1 is 1.13 bits per heavy atom. The van der Waals surface area contributed by atoms with Gasteiger partial charge < -0.3 is 29.4 Å². The largest absolute Gasteiger partial charge is 0.508 e. The molecule has 8 heteroatoms. The van der Waals surface area contributed by atoms with Crippen molar-refractivity contribution in [3.63, 3.8) is 0 Å². The van der Waals surface area contributed by atoms with E-state index in [2.05, 4.69) is 10.1 Å². The number of aryl methyl sites for hydroxylation is 1. The summed E-state index contributed by atoms with van der Waals surface area (Å²) in [6.45, 7) is 1.15. The quantitative estimate of drug-likeness (QED) is 0.699. The molecule has 0 heterocycles. The Hall–Kier alpha value is -3.42. The number of nitrogens with one attached hydrogen (secondary N) is 1. The van der Waals surface area contributed by atoms with Gasteiger partial charge in [-0.3, -0.25) is 4.79 Å². The molecule has 0 saturated carbocycles. The molecule has 0 radical (unpaired) electrons. The number of ether oxygens (including phenoxy) is 4. The lowest BCUT2D eigenvalue weighted by molar-refractivity contribution is -0.143. The number of amides is 1. The highest BCUT2D eigenvalue weighted by Crippen LogP contribution is 2.51. The van der Waals surface area contributed by atoms with Gasteiger partial charge in [-0.2, -0.15) is 0 Å². The van der Waals surface area contributed by atoms with Crippen LogP contribution in [0.4, 0.5) is 0 Å². The minimum Gasteiger partial charge on any atom is -0.508 e. The van der Waals surface area contributed by atoms with Crippen LogP contribution in [0.2, 0.25) is 0 Å². The van der Waals surface area contributed by atoms with E-state index in [1.165, 1.54) is 28.3 Å². The number of hydrogen-bond acceptors (Lipinski definition) is 7. The van der Waals surface area contributed by atoms with E-state index in [9.17, 15) is 14.7 Å². The molecule has 160 valence electrons. The maximum Gasteiger partial charge on any atom is 0.343 e. The van der Waals surface area contributed by atoms with Crippen LogP contribution in [0.5, 0.6) is 23.0 Å². The third-order valence-electron chi connectivity index (χ3n) is 5.03. The van der Waals surface area contributed by atoms with Gasteiger partial charge in [-0.25, -0.2) is 4.79 Å². The zero-order valence-corrected chi connectivity index (χ0v) is 17.4. The Balaban J connectivity index is 2.22. The summed E-state index contributed by atoms with van der Waals surface area (Å²) in [6.07, 6.45) is 1.25. The van der Waals surface area contributed by atoms with E-state index >= 15 is 0 Å². The summed E-state index contributed by atoms with van der Waals surface area (Å²) in [5.41, 5.74) is 3.27. The Labute approximate surface area is 174 Å². The maximum absolute atomic E-state index is 11.8. The van der Waals surface area contributed by atoms with Crippen LogP contribution in [-0.4, -0.2) is 44.9 Å². The molecule has 2 aromatic carbocycles. The van der Waals surface area contributed by atoms with E-state index in [-0.39, 0.29) is 30.1 Å². The number of phenolic OH excluding ortho intramolecular Hbond substituents is 1. The highest BCUT2D eigenvalue weighted by Gasteiger charge is 2.30. The first-order chi connectivity index (χ1) is 14.4. The first kappa shape index (κ1) is 21.3. The number of carbonyl (C=O) groups excluding carboxylic acids is 2. The van der Waals surface area contributed by atoms with Gasteiger partial charge in [-0.05, 0) is 47.7 Å². The lowest BCUT2D eigenvalue weighted by Gasteiger charge is -2.21. The molecular formula is C22H25NO7. The Morgan fingerprint density at radius 2 is 1.90 bits per heavy atom. The second kappa shape index (κ2) is 8.94. The zero-order chi connectivity index (χ0) is 21.8. The summed E-state index contributed by atoms with van der Waals surface area (Å²) in [6, 6.07) is 6.56. The fourth-order valence-corrected chi connectivity index (χ4v) is 3.75. The molecule has 2 N–H and O–H groups in total. The molecule has 1 atom stereocenters. The molecule has 0 saturated heterocycles. The number of hydrogen-bond donors (Lipinski definition) is 2. The molecule has 1 aliphatic carbocycles. The van der Waals surface area contributed by atoms with E-state index in [1.807, 2.05) is 6.07 Å². The van der Waals surface area contributed by atoms with Crippen molar-refractivity contribution in [2.24, 2.45) is 0 Å². The first-order valence-electron chi connectivity index (χ1n) is 9.47. The van der Waals surface area contributed by atoms with E-state index < -0.39 is 5.97 Å². The molecule has 0 aliphatic heterocycles. The van der Waals surface area contributed by atoms with E-state index in [0.717, 1.165) is 22.3 Å². The van der Waals surface area contributed by atoms with E-state index in [1.54, 1.807) is 18.2 Å². The summed E-state index contributed by atoms with van der Waals surface area (Å²) < 4.78 is 21.6. The summed E-state index contributed by atoms with van der Waals surface area (Å²) in [7, 11) is 4.30. The predicted octanol–water partition coefficient (Wildman–Crippen LogP) is 2.75. The van der Waals surface area contributed by atoms with Crippen molar-refractivity contribution in [2.75, 3.05) is 27.9 Å². The number of aromatic hydroxyl groups is 1. The van der Waals surface area contributed by atoms with Crippen molar-refractivity contribution in [1.29, 1.82) is 0 Å². The summed E-state index contributed by atoms with van der Waals surface area (Å²) in [4.78, 5) is 23.4. The lowest BCUT2D eigenvalue weighted by Crippen LogP contribution is -2.26. The van der Waals surface area contributed by atoms with Gasteiger partial charge in [0.05, 0.1) is 27.4 Å². The lowest BCUT2D eigenvalue weighted by atomic mass is 9.93. The number of rotatable bonds is 6. The van der Waals surface area contributed by atoms with Crippen LogP contribution in [0.1, 0.15) is 30.5 Å². The highest BCUT2D eigenvalue weighted by molar-refractivity contribution is 5.84. The molecular weight excluding hydrogens is 390 g/mol. The number of benzene rings is 2. The number of fused-ring (bicyclic) bond motifs is 3. The smallest absolute Gasteiger partial charge is 0.343 e. The molecule has 0 aromatic heterocycles. The van der Waals surface area contributed by atoms with Gasteiger partial charge in [-0.1, -0.05) is 6.07 Å². The standard InChI is InChI=1S/C22H25NO7/c1-12(24)23-17-8-5-13-9-18(27-2)21(30-11-19(26)28-3)22(29-4)20(13)15-7-6-14(25)10-16(15)17/h6-7,9-10,17,25H,5,8,11H2,1-4H3,(H,23,24). The third-order valence-corrected chi connectivity index (χ3v) is 5.03. The zero-order valence-electron chi connectivity index (χ0n) is 17.4.